The molecule has 1 aliphatic heterocycles. The van der Waals surface area contributed by atoms with E-state index in [0.29, 0.717) is 31.0 Å². The number of furan rings is 1. The van der Waals surface area contributed by atoms with Gasteiger partial charge >= 0.3 is 0 Å². The predicted molar refractivity (Wildman–Crippen MR) is 107 cm³/mol. The van der Waals surface area contributed by atoms with Gasteiger partial charge in [-0.15, -0.1) is 0 Å². The zero-order valence-corrected chi connectivity index (χ0v) is 17.0. The van der Waals surface area contributed by atoms with Gasteiger partial charge in [0.1, 0.15) is 0 Å². The Morgan fingerprint density at radius 3 is 2.61 bits per heavy atom. The first-order valence-electron chi connectivity index (χ1n) is 10.6. The Labute approximate surface area is 167 Å². The molecule has 3 fully saturated rings. The van der Waals surface area contributed by atoms with Gasteiger partial charge in [0.05, 0.1) is 12.4 Å². The molecule has 7 nitrogen and oxygen atoms in total. The lowest BCUT2D eigenvalue weighted by Crippen LogP contribution is -2.66. The van der Waals surface area contributed by atoms with Crippen LogP contribution in [0.15, 0.2) is 27.8 Å². The number of carbonyl (C=O) groups excluding carboxylic acids is 1. The average Bonchev–Trinajstić information content (AvgIpc) is 3.43. The molecule has 2 saturated carbocycles. The van der Waals surface area contributed by atoms with E-state index in [1.807, 2.05) is 11.9 Å². The molecule has 1 amide bonds. The predicted octanol–water partition coefficient (Wildman–Crippen LogP) is 2.35. The number of ether oxygens (including phenoxy) is 1. The molecule has 7 heteroatoms. The summed E-state index contributed by atoms with van der Waals surface area (Å²) in [7, 11) is 1.85. The van der Waals surface area contributed by atoms with Crippen LogP contribution in [0.3, 0.4) is 0 Å². The van der Waals surface area contributed by atoms with Crippen LogP contribution in [0.4, 0.5) is 0 Å². The second-order valence-corrected chi connectivity index (χ2v) is 8.12. The summed E-state index contributed by atoms with van der Waals surface area (Å²) < 4.78 is 11.3. The van der Waals surface area contributed by atoms with Gasteiger partial charge in [-0.25, -0.2) is 0 Å². The molecule has 1 spiro atoms. The van der Waals surface area contributed by atoms with E-state index in [-0.39, 0.29) is 11.3 Å². The molecule has 3 aliphatic rings. The van der Waals surface area contributed by atoms with E-state index in [1.165, 1.54) is 25.7 Å². The first-order chi connectivity index (χ1) is 13.7. The highest BCUT2D eigenvalue weighted by Gasteiger charge is 2.57. The smallest absolute Gasteiger partial charge is 0.289 e. The van der Waals surface area contributed by atoms with E-state index in [4.69, 9.17) is 9.15 Å². The van der Waals surface area contributed by atoms with Gasteiger partial charge in [-0.3, -0.25) is 9.79 Å². The van der Waals surface area contributed by atoms with Crippen LogP contribution in [-0.2, 0) is 4.74 Å². The Bertz CT molecular complexity index is 689. The fourth-order valence-electron chi connectivity index (χ4n) is 5.22. The molecule has 2 aliphatic carbocycles. The van der Waals surface area contributed by atoms with Gasteiger partial charge in [0.15, 0.2) is 11.7 Å². The number of guanidine groups is 1. The summed E-state index contributed by atoms with van der Waals surface area (Å²) in [5, 5.41) is 3.74. The fraction of sp³-hybridized carbons (Fsp3) is 0.714. The molecule has 2 atom stereocenters. The molecule has 0 radical (unpaired) electrons. The van der Waals surface area contributed by atoms with Gasteiger partial charge in [0.25, 0.3) is 5.91 Å². The summed E-state index contributed by atoms with van der Waals surface area (Å²) in [6, 6.07) is 3.91. The summed E-state index contributed by atoms with van der Waals surface area (Å²) in [4.78, 5) is 21.1. The topological polar surface area (TPSA) is 70.3 Å². The van der Waals surface area contributed by atoms with E-state index in [1.54, 1.807) is 18.4 Å². The number of nitrogens with one attached hydrogen (secondary N) is 1. The van der Waals surface area contributed by atoms with Crippen LogP contribution in [-0.4, -0.2) is 73.6 Å². The number of hydrogen-bond donors (Lipinski definition) is 1. The number of amides is 1. The monoisotopic (exact) mass is 388 g/mol. The first-order valence-corrected chi connectivity index (χ1v) is 10.6. The minimum atomic E-state index is -0.0314. The van der Waals surface area contributed by atoms with Crippen molar-refractivity contribution >= 4 is 11.9 Å². The molecule has 0 aromatic carbocycles. The van der Waals surface area contributed by atoms with Gasteiger partial charge in [-0.05, 0) is 38.3 Å². The molecule has 1 saturated heterocycles. The van der Waals surface area contributed by atoms with E-state index < -0.39 is 0 Å². The zero-order valence-electron chi connectivity index (χ0n) is 17.0. The highest BCUT2D eigenvalue weighted by molar-refractivity contribution is 5.91. The van der Waals surface area contributed by atoms with Crippen LogP contribution in [0.2, 0.25) is 0 Å². The third-order valence-electron chi connectivity index (χ3n) is 6.80. The van der Waals surface area contributed by atoms with Crippen molar-refractivity contribution in [2.45, 2.75) is 51.2 Å². The summed E-state index contributed by atoms with van der Waals surface area (Å²) in [5.41, 5.74) is 0.281. The maximum Gasteiger partial charge on any atom is 0.289 e. The molecule has 2 unspecified atom stereocenters. The number of carbonyl (C=O) groups is 1. The summed E-state index contributed by atoms with van der Waals surface area (Å²) in [5.74, 6) is 1.34. The van der Waals surface area contributed by atoms with Gasteiger partial charge in [-0.1, -0.05) is 12.8 Å². The van der Waals surface area contributed by atoms with Crippen molar-refractivity contribution in [3.05, 3.63) is 24.2 Å². The maximum absolute atomic E-state index is 12.5. The maximum atomic E-state index is 12.5. The minimum absolute atomic E-state index is 0.0314. The Balaban J connectivity index is 1.34. The van der Waals surface area contributed by atoms with E-state index in [9.17, 15) is 4.79 Å². The van der Waals surface area contributed by atoms with Crippen molar-refractivity contribution in [2.75, 3.05) is 39.8 Å². The standard InChI is InChI=1S/C21H32N4O3/c1-3-27-18-15-17(21(18)8-4-5-9-21)23-20(22-2)25-12-10-24(11-13-25)19(26)16-7-6-14-28-16/h6-7,14,17-18H,3-5,8-13,15H2,1-2H3,(H,22,23). The molecule has 1 aromatic rings. The van der Waals surface area contributed by atoms with Crippen molar-refractivity contribution in [3.63, 3.8) is 0 Å². The summed E-state index contributed by atoms with van der Waals surface area (Å²) >= 11 is 0. The van der Waals surface area contributed by atoms with Gasteiger partial charge < -0.3 is 24.3 Å². The lowest BCUT2D eigenvalue weighted by Gasteiger charge is -2.55. The lowest BCUT2D eigenvalue weighted by atomic mass is 9.60. The van der Waals surface area contributed by atoms with Crippen molar-refractivity contribution in [3.8, 4) is 0 Å². The van der Waals surface area contributed by atoms with Gasteiger partial charge in [0.2, 0.25) is 0 Å². The second-order valence-electron chi connectivity index (χ2n) is 8.12. The van der Waals surface area contributed by atoms with Crippen LogP contribution < -0.4 is 5.32 Å². The van der Waals surface area contributed by atoms with E-state index in [2.05, 4.69) is 22.1 Å². The number of hydrogen-bond acceptors (Lipinski definition) is 4. The molecular weight excluding hydrogens is 356 g/mol. The third-order valence-corrected chi connectivity index (χ3v) is 6.80. The Hall–Kier alpha value is -2.02. The summed E-state index contributed by atoms with van der Waals surface area (Å²) in [6.07, 6.45) is 8.09. The largest absolute Gasteiger partial charge is 0.459 e. The number of piperazine rings is 1. The molecule has 2 heterocycles. The lowest BCUT2D eigenvalue weighted by molar-refractivity contribution is -0.126. The van der Waals surface area contributed by atoms with Crippen LogP contribution >= 0.6 is 0 Å². The van der Waals surface area contributed by atoms with E-state index >= 15 is 0 Å². The van der Waals surface area contributed by atoms with Crippen LogP contribution in [0, 0.1) is 5.41 Å². The highest BCUT2D eigenvalue weighted by atomic mass is 16.5. The number of nitrogens with zero attached hydrogens (tertiary/aromatic N) is 3. The van der Waals surface area contributed by atoms with Crippen molar-refractivity contribution in [1.29, 1.82) is 0 Å². The Morgan fingerprint density at radius 1 is 1.29 bits per heavy atom. The molecule has 28 heavy (non-hydrogen) atoms. The quantitative estimate of drug-likeness (QED) is 0.633. The second kappa shape index (κ2) is 8.15. The van der Waals surface area contributed by atoms with Crippen molar-refractivity contribution < 1.29 is 13.9 Å². The third kappa shape index (κ3) is 3.41. The van der Waals surface area contributed by atoms with Crippen molar-refractivity contribution in [2.24, 2.45) is 10.4 Å². The van der Waals surface area contributed by atoms with Crippen LogP contribution in [0.5, 0.6) is 0 Å². The molecule has 1 aromatic heterocycles. The normalized spacial score (nSPS) is 27.1. The van der Waals surface area contributed by atoms with Crippen LogP contribution in [0.1, 0.15) is 49.6 Å². The SMILES string of the molecule is CCOC1CC(NC(=NC)N2CCN(C(=O)c3ccco3)CC2)C12CCCC2. The van der Waals surface area contributed by atoms with Gasteiger partial charge in [0, 0.05) is 51.3 Å². The first kappa shape index (κ1) is 19.3. The summed E-state index contributed by atoms with van der Waals surface area (Å²) in [6.45, 7) is 5.79. The minimum Gasteiger partial charge on any atom is -0.459 e. The van der Waals surface area contributed by atoms with E-state index in [0.717, 1.165) is 32.1 Å². The molecule has 1 N–H and O–H groups in total. The van der Waals surface area contributed by atoms with Crippen molar-refractivity contribution in [1.82, 2.24) is 15.1 Å². The highest BCUT2D eigenvalue weighted by Crippen LogP contribution is 2.54. The Morgan fingerprint density at radius 2 is 2.00 bits per heavy atom. The van der Waals surface area contributed by atoms with Gasteiger partial charge in [-0.2, -0.15) is 0 Å². The Kier molecular flexibility index (Phi) is 5.62. The zero-order chi connectivity index (χ0) is 19.6. The average molecular weight is 389 g/mol. The molecule has 154 valence electrons. The number of aliphatic imine (C=N–C) groups is 1. The number of rotatable bonds is 4. The molecule has 0 bridgehead atoms. The van der Waals surface area contributed by atoms with Crippen LogP contribution in [0.25, 0.3) is 0 Å². The fourth-order valence-corrected chi connectivity index (χ4v) is 5.22. The molecule has 4 rings (SSSR count). The molecular formula is C21H32N4O3.